The summed E-state index contributed by atoms with van der Waals surface area (Å²) in [7, 11) is 0. The molecule has 96 valence electrons. The summed E-state index contributed by atoms with van der Waals surface area (Å²) in [5.41, 5.74) is 6.02. The van der Waals surface area contributed by atoms with Gasteiger partial charge in [-0.15, -0.1) is 0 Å². The number of rotatable bonds is 2. The smallest absolute Gasteiger partial charge is 0.0414 e. The van der Waals surface area contributed by atoms with Crippen LogP contribution in [0.5, 0.6) is 0 Å². The van der Waals surface area contributed by atoms with E-state index in [0.29, 0.717) is 0 Å². The molecule has 0 atom stereocenters. The van der Waals surface area contributed by atoms with Crippen LogP contribution in [0.15, 0.2) is 71.8 Å². The highest BCUT2D eigenvalue weighted by Gasteiger charge is 2.40. The molecule has 3 rings (SSSR count). The average Bonchev–Trinajstić information content (AvgIpc) is 2.78. The molecule has 2 aromatic carbocycles. The fourth-order valence-electron chi connectivity index (χ4n) is 3.45. The minimum Gasteiger partial charge on any atom is -0.0731 e. The van der Waals surface area contributed by atoms with E-state index in [1.165, 1.54) is 29.5 Å². The molecule has 0 N–H and O–H groups in total. The maximum absolute atomic E-state index is 2.31. The summed E-state index contributed by atoms with van der Waals surface area (Å²) in [6.45, 7) is 4.59. The maximum atomic E-state index is 2.31. The molecule has 0 heterocycles. The Bertz CT molecular complexity index is 551. The zero-order chi connectivity index (χ0) is 13.3. The molecule has 1 aliphatic rings. The first-order chi connectivity index (χ1) is 9.25. The Kier molecular flexibility index (Phi) is 3.02. The van der Waals surface area contributed by atoms with Gasteiger partial charge in [0.2, 0.25) is 0 Å². The summed E-state index contributed by atoms with van der Waals surface area (Å²) in [4.78, 5) is 0. The highest BCUT2D eigenvalue weighted by molar-refractivity contribution is 5.51. The molecule has 0 saturated heterocycles. The van der Waals surface area contributed by atoms with E-state index in [0.717, 1.165) is 0 Å². The van der Waals surface area contributed by atoms with Gasteiger partial charge in [0, 0.05) is 5.41 Å². The van der Waals surface area contributed by atoms with Gasteiger partial charge in [-0.3, -0.25) is 0 Å². The molecule has 0 aromatic heterocycles. The second-order valence-corrected chi connectivity index (χ2v) is 5.54. The molecule has 0 fully saturated rings. The lowest BCUT2D eigenvalue weighted by Gasteiger charge is -2.33. The molecule has 19 heavy (non-hydrogen) atoms. The van der Waals surface area contributed by atoms with Crippen molar-refractivity contribution in [1.29, 1.82) is 0 Å². The second-order valence-electron chi connectivity index (χ2n) is 5.54. The van der Waals surface area contributed by atoms with Gasteiger partial charge in [0.15, 0.2) is 0 Å². The van der Waals surface area contributed by atoms with E-state index < -0.39 is 0 Å². The van der Waals surface area contributed by atoms with E-state index in [1.807, 2.05) is 0 Å². The third-order valence-corrected chi connectivity index (χ3v) is 4.69. The van der Waals surface area contributed by atoms with Crippen molar-refractivity contribution < 1.29 is 0 Å². The van der Waals surface area contributed by atoms with Crippen LogP contribution in [0.2, 0.25) is 0 Å². The second kappa shape index (κ2) is 4.70. The number of benzene rings is 2. The van der Waals surface area contributed by atoms with Crippen LogP contribution in [0, 0.1) is 0 Å². The number of hydrogen-bond acceptors (Lipinski definition) is 0. The fourth-order valence-corrected chi connectivity index (χ4v) is 3.45. The van der Waals surface area contributed by atoms with E-state index >= 15 is 0 Å². The van der Waals surface area contributed by atoms with Crippen LogP contribution >= 0.6 is 0 Å². The average molecular weight is 248 g/mol. The van der Waals surface area contributed by atoms with E-state index in [-0.39, 0.29) is 5.41 Å². The zero-order valence-electron chi connectivity index (χ0n) is 11.7. The quantitative estimate of drug-likeness (QED) is 0.648. The van der Waals surface area contributed by atoms with Crippen molar-refractivity contribution in [2.45, 2.75) is 32.1 Å². The van der Waals surface area contributed by atoms with Gasteiger partial charge in [0.1, 0.15) is 0 Å². The summed E-state index contributed by atoms with van der Waals surface area (Å²) < 4.78 is 0. The Labute approximate surface area is 115 Å². The van der Waals surface area contributed by atoms with Crippen molar-refractivity contribution in [3.8, 4) is 0 Å². The molecule has 0 aliphatic heterocycles. The van der Waals surface area contributed by atoms with Crippen molar-refractivity contribution in [2.24, 2.45) is 0 Å². The van der Waals surface area contributed by atoms with Gasteiger partial charge in [-0.05, 0) is 37.8 Å². The Balaban J connectivity index is 2.24. The molecular formula is C19H20. The third-order valence-electron chi connectivity index (χ3n) is 4.69. The molecule has 1 aliphatic carbocycles. The first-order valence-electron chi connectivity index (χ1n) is 7.03. The Hall–Kier alpha value is -1.82. The topological polar surface area (TPSA) is 0 Å². The van der Waals surface area contributed by atoms with E-state index in [2.05, 4.69) is 74.5 Å². The molecule has 2 aromatic rings. The minimum atomic E-state index is 0.0899. The summed E-state index contributed by atoms with van der Waals surface area (Å²) in [6, 6.07) is 21.9. The molecule has 0 spiro atoms. The normalized spacial score (nSPS) is 17.8. The third kappa shape index (κ3) is 1.83. The standard InChI is InChI=1S/C19H20/c1-15-13-14-19(16(15)2,17-9-5-3-6-10-17)18-11-7-4-8-12-18/h3-12H,13-14H2,1-2H3. The SMILES string of the molecule is CC1=C(C)C(c2ccccc2)(c2ccccc2)CC1. The van der Waals surface area contributed by atoms with Crippen LogP contribution in [0.4, 0.5) is 0 Å². The van der Waals surface area contributed by atoms with Crippen LogP contribution in [-0.4, -0.2) is 0 Å². The maximum Gasteiger partial charge on any atom is 0.0414 e. The Morgan fingerprint density at radius 2 is 1.21 bits per heavy atom. The molecule has 0 radical (unpaired) electrons. The Morgan fingerprint density at radius 3 is 1.58 bits per heavy atom. The summed E-state index contributed by atoms with van der Waals surface area (Å²) in [5, 5.41) is 0. The van der Waals surface area contributed by atoms with Crippen molar-refractivity contribution in [1.82, 2.24) is 0 Å². The molecule has 0 saturated carbocycles. The van der Waals surface area contributed by atoms with Gasteiger partial charge < -0.3 is 0 Å². The fraction of sp³-hybridized carbons (Fsp3) is 0.263. The minimum absolute atomic E-state index is 0.0899. The van der Waals surface area contributed by atoms with Crippen LogP contribution in [0.1, 0.15) is 37.8 Å². The van der Waals surface area contributed by atoms with Gasteiger partial charge >= 0.3 is 0 Å². The summed E-state index contributed by atoms with van der Waals surface area (Å²) >= 11 is 0. The van der Waals surface area contributed by atoms with Gasteiger partial charge in [0.05, 0.1) is 0 Å². The van der Waals surface area contributed by atoms with Crippen molar-refractivity contribution in [2.75, 3.05) is 0 Å². The number of allylic oxidation sites excluding steroid dienone is 2. The van der Waals surface area contributed by atoms with Crippen LogP contribution in [0.25, 0.3) is 0 Å². The van der Waals surface area contributed by atoms with Crippen molar-refractivity contribution >= 4 is 0 Å². The van der Waals surface area contributed by atoms with Crippen LogP contribution in [-0.2, 0) is 5.41 Å². The predicted molar refractivity (Wildman–Crippen MR) is 81.3 cm³/mol. The van der Waals surface area contributed by atoms with Crippen molar-refractivity contribution in [3.05, 3.63) is 82.9 Å². The number of hydrogen-bond donors (Lipinski definition) is 0. The summed E-state index contributed by atoms with van der Waals surface area (Å²) in [5.74, 6) is 0. The molecule has 0 heteroatoms. The lowest BCUT2D eigenvalue weighted by atomic mass is 9.70. The molecule has 0 nitrogen and oxygen atoms in total. The van der Waals surface area contributed by atoms with Crippen LogP contribution < -0.4 is 0 Å². The predicted octanol–water partition coefficient (Wildman–Crippen LogP) is 5.10. The first kappa shape index (κ1) is 12.2. The largest absolute Gasteiger partial charge is 0.0731 e. The highest BCUT2D eigenvalue weighted by Crippen LogP contribution is 2.49. The zero-order valence-corrected chi connectivity index (χ0v) is 11.7. The molecule has 0 amide bonds. The molecule has 0 bridgehead atoms. The highest BCUT2D eigenvalue weighted by atomic mass is 14.4. The lowest BCUT2D eigenvalue weighted by Crippen LogP contribution is -2.26. The monoisotopic (exact) mass is 248 g/mol. The Morgan fingerprint density at radius 1 is 0.737 bits per heavy atom. The van der Waals surface area contributed by atoms with Gasteiger partial charge in [-0.1, -0.05) is 71.8 Å². The molecule has 0 unspecified atom stereocenters. The lowest BCUT2D eigenvalue weighted by molar-refractivity contribution is 0.593. The van der Waals surface area contributed by atoms with E-state index in [9.17, 15) is 0 Å². The van der Waals surface area contributed by atoms with E-state index in [1.54, 1.807) is 5.57 Å². The van der Waals surface area contributed by atoms with Gasteiger partial charge in [0.25, 0.3) is 0 Å². The van der Waals surface area contributed by atoms with E-state index in [4.69, 9.17) is 0 Å². The van der Waals surface area contributed by atoms with Crippen LogP contribution in [0.3, 0.4) is 0 Å². The van der Waals surface area contributed by atoms with Gasteiger partial charge in [-0.2, -0.15) is 0 Å². The van der Waals surface area contributed by atoms with Crippen molar-refractivity contribution in [3.63, 3.8) is 0 Å². The first-order valence-corrected chi connectivity index (χ1v) is 7.03. The van der Waals surface area contributed by atoms with Gasteiger partial charge in [-0.25, -0.2) is 0 Å². The summed E-state index contributed by atoms with van der Waals surface area (Å²) in [6.07, 6.45) is 2.40. The molecular weight excluding hydrogens is 228 g/mol.